The number of methoxy groups -OCH3 is 1. The number of ether oxygens (including phenoxy) is 2. The Labute approximate surface area is 191 Å². The maximum absolute atomic E-state index is 12.4. The van der Waals surface area contributed by atoms with E-state index in [9.17, 15) is 18.0 Å². The molecule has 0 aliphatic heterocycles. The summed E-state index contributed by atoms with van der Waals surface area (Å²) in [5.41, 5.74) is 1.89. The highest BCUT2D eigenvalue weighted by Gasteiger charge is 2.31. The van der Waals surface area contributed by atoms with Gasteiger partial charge < -0.3 is 23.9 Å². The zero-order valence-corrected chi connectivity index (χ0v) is 17.9. The van der Waals surface area contributed by atoms with Gasteiger partial charge in [0.15, 0.2) is 0 Å². The van der Waals surface area contributed by atoms with E-state index >= 15 is 0 Å². The highest BCUT2D eigenvalue weighted by atomic mass is 19.4. The normalized spacial score (nSPS) is 11.3. The van der Waals surface area contributed by atoms with E-state index in [0.29, 0.717) is 17.8 Å². The van der Waals surface area contributed by atoms with Crippen LogP contribution in [-0.2, 0) is 17.9 Å². The number of amides is 1. The van der Waals surface area contributed by atoms with Crippen LogP contribution in [0.25, 0.3) is 23.0 Å². The number of hydrogen-bond acceptors (Lipinski definition) is 6. The Balaban J connectivity index is 1.40. The van der Waals surface area contributed by atoms with Crippen LogP contribution in [0.4, 0.5) is 13.2 Å². The van der Waals surface area contributed by atoms with Crippen LogP contribution in [0, 0.1) is 0 Å². The number of nitrogens with one attached hydrogen (secondary N) is 1. The molecular weight excluding hydrogens is 453 g/mol. The topological polar surface area (TPSA) is 91.4 Å². The van der Waals surface area contributed by atoms with Gasteiger partial charge in [-0.05, 0) is 54.1 Å². The Bertz CT molecular complexity index is 1250. The van der Waals surface area contributed by atoms with Crippen molar-refractivity contribution in [1.29, 1.82) is 0 Å². The van der Waals surface area contributed by atoms with Gasteiger partial charge in [-0.1, -0.05) is 17.3 Å². The fourth-order valence-electron chi connectivity index (χ4n) is 3.15. The van der Waals surface area contributed by atoms with E-state index in [1.54, 1.807) is 30.0 Å². The van der Waals surface area contributed by atoms with Crippen molar-refractivity contribution in [3.8, 4) is 34.5 Å². The Morgan fingerprint density at radius 2 is 1.76 bits per heavy atom. The van der Waals surface area contributed by atoms with Crippen LogP contribution < -0.4 is 14.8 Å². The summed E-state index contributed by atoms with van der Waals surface area (Å²) in [6, 6.07) is 15.9. The Morgan fingerprint density at radius 1 is 1.06 bits per heavy atom. The molecule has 176 valence electrons. The number of nitrogens with zero attached hydrogens (tertiary/aromatic N) is 3. The van der Waals surface area contributed by atoms with Gasteiger partial charge in [-0.25, -0.2) is 0 Å². The van der Waals surface area contributed by atoms with E-state index in [0.717, 1.165) is 23.4 Å². The molecule has 4 rings (SSSR count). The van der Waals surface area contributed by atoms with Gasteiger partial charge in [-0.2, -0.15) is 4.98 Å². The van der Waals surface area contributed by atoms with Crippen molar-refractivity contribution in [2.24, 2.45) is 0 Å². The Morgan fingerprint density at radius 3 is 2.44 bits per heavy atom. The minimum atomic E-state index is -4.77. The first-order chi connectivity index (χ1) is 16.3. The second kappa shape index (κ2) is 9.69. The second-order valence-electron chi connectivity index (χ2n) is 7.14. The third-order valence-corrected chi connectivity index (χ3v) is 4.78. The van der Waals surface area contributed by atoms with Crippen molar-refractivity contribution in [2.45, 2.75) is 19.5 Å². The highest BCUT2D eigenvalue weighted by Crippen LogP contribution is 2.27. The van der Waals surface area contributed by atoms with Crippen LogP contribution in [0.2, 0.25) is 0 Å². The lowest BCUT2D eigenvalue weighted by atomic mass is 10.2. The Hall–Kier alpha value is -4.28. The van der Waals surface area contributed by atoms with E-state index in [1.165, 1.54) is 12.1 Å². The van der Waals surface area contributed by atoms with Gasteiger partial charge in [-0.3, -0.25) is 4.79 Å². The lowest BCUT2D eigenvalue weighted by molar-refractivity contribution is -0.274. The average molecular weight is 472 g/mol. The number of carbonyl (C=O) groups is 1. The molecule has 0 radical (unpaired) electrons. The number of rotatable bonds is 8. The summed E-state index contributed by atoms with van der Waals surface area (Å²) in [6.07, 6.45) is -3.07. The zero-order chi connectivity index (χ0) is 24.1. The first-order valence-electron chi connectivity index (χ1n) is 10.1. The molecular formula is C23H19F3N4O4. The van der Waals surface area contributed by atoms with Crippen molar-refractivity contribution in [1.82, 2.24) is 20.0 Å². The van der Waals surface area contributed by atoms with Crippen molar-refractivity contribution in [2.75, 3.05) is 7.11 Å². The van der Waals surface area contributed by atoms with Crippen molar-refractivity contribution in [3.63, 3.8) is 0 Å². The van der Waals surface area contributed by atoms with E-state index in [4.69, 9.17) is 9.26 Å². The lowest BCUT2D eigenvalue weighted by Gasteiger charge is -2.09. The van der Waals surface area contributed by atoms with Crippen LogP contribution in [0.1, 0.15) is 5.56 Å². The summed E-state index contributed by atoms with van der Waals surface area (Å²) in [5.74, 6) is 0.517. The standard InChI is InChI=1S/C23H19F3N4O4/c1-32-17-8-4-15(5-9-17)13-27-20(31)14-30-12-2-3-19(30)22-28-21(29-34-22)16-6-10-18(11-7-16)33-23(24,25)26/h2-12H,13-14H2,1H3,(H,27,31). The van der Waals surface area contributed by atoms with Crippen LogP contribution >= 0.6 is 0 Å². The largest absolute Gasteiger partial charge is 0.573 e. The first-order valence-corrected chi connectivity index (χ1v) is 10.1. The molecule has 0 unspecified atom stereocenters. The molecule has 8 nitrogen and oxygen atoms in total. The molecule has 2 heterocycles. The minimum absolute atomic E-state index is 0.0275. The van der Waals surface area contributed by atoms with Gasteiger partial charge >= 0.3 is 6.36 Å². The fraction of sp³-hybridized carbons (Fsp3) is 0.174. The van der Waals surface area contributed by atoms with E-state index in [-0.39, 0.29) is 29.9 Å². The summed E-state index contributed by atoms with van der Waals surface area (Å²) >= 11 is 0. The zero-order valence-electron chi connectivity index (χ0n) is 17.9. The predicted molar refractivity (Wildman–Crippen MR) is 115 cm³/mol. The molecule has 1 amide bonds. The van der Waals surface area contributed by atoms with Gasteiger partial charge in [0.25, 0.3) is 5.89 Å². The molecule has 0 fully saturated rings. The molecule has 11 heteroatoms. The minimum Gasteiger partial charge on any atom is -0.497 e. The van der Waals surface area contributed by atoms with E-state index in [1.807, 2.05) is 24.3 Å². The molecule has 2 aromatic heterocycles. The predicted octanol–water partition coefficient (Wildman–Crippen LogP) is 4.43. The van der Waals surface area contributed by atoms with Gasteiger partial charge in [0.1, 0.15) is 23.7 Å². The molecule has 4 aromatic rings. The van der Waals surface area contributed by atoms with Gasteiger partial charge in [0, 0.05) is 18.3 Å². The molecule has 0 spiro atoms. The van der Waals surface area contributed by atoms with Crippen LogP contribution in [0.5, 0.6) is 11.5 Å². The molecule has 0 saturated carbocycles. The second-order valence-corrected chi connectivity index (χ2v) is 7.14. The quantitative estimate of drug-likeness (QED) is 0.408. The smallest absolute Gasteiger partial charge is 0.497 e. The highest BCUT2D eigenvalue weighted by molar-refractivity contribution is 5.76. The molecule has 0 aliphatic carbocycles. The first kappa shape index (κ1) is 22.9. The summed E-state index contributed by atoms with van der Waals surface area (Å²) in [5, 5.41) is 6.73. The van der Waals surface area contributed by atoms with Crippen LogP contribution in [0.3, 0.4) is 0 Å². The molecule has 0 bridgehead atoms. The maximum atomic E-state index is 12.4. The SMILES string of the molecule is COc1ccc(CNC(=O)Cn2cccc2-c2nc(-c3ccc(OC(F)(F)F)cc3)no2)cc1. The molecule has 1 N–H and O–H groups in total. The summed E-state index contributed by atoms with van der Waals surface area (Å²) in [6.45, 7) is 0.387. The number of carbonyl (C=O) groups excluding carboxylic acids is 1. The number of halogens is 3. The third-order valence-electron chi connectivity index (χ3n) is 4.78. The summed E-state index contributed by atoms with van der Waals surface area (Å²) < 4.78 is 52.9. The van der Waals surface area contributed by atoms with E-state index < -0.39 is 6.36 Å². The van der Waals surface area contributed by atoms with Crippen molar-refractivity contribution >= 4 is 5.91 Å². The molecule has 0 atom stereocenters. The monoisotopic (exact) mass is 472 g/mol. The summed E-state index contributed by atoms with van der Waals surface area (Å²) in [4.78, 5) is 16.7. The van der Waals surface area contributed by atoms with Gasteiger partial charge in [-0.15, -0.1) is 13.2 Å². The van der Waals surface area contributed by atoms with Crippen LogP contribution in [0.15, 0.2) is 71.4 Å². The maximum Gasteiger partial charge on any atom is 0.573 e. The molecule has 34 heavy (non-hydrogen) atoms. The fourth-order valence-corrected chi connectivity index (χ4v) is 3.15. The lowest BCUT2D eigenvalue weighted by Crippen LogP contribution is -2.27. The van der Waals surface area contributed by atoms with Gasteiger partial charge in [0.2, 0.25) is 11.7 Å². The van der Waals surface area contributed by atoms with Crippen molar-refractivity contribution < 1.29 is 32.0 Å². The van der Waals surface area contributed by atoms with E-state index in [2.05, 4.69) is 20.2 Å². The Kier molecular flexibility index (Phi) is 6.53. The number of aromatic nitrogens is 3. The molecule has 2 aromatic carbocycles. The number of benzene rings is 2. The summed E-state index contributed by atoms with van der Waals surface area (Å²) in [7, 11) is 1.58. The molecule has 0 saturated heterocycles. The van der Waals surface area contributed by atoms with Gasteiger partial charge in [0.05, 0.1) is 7.11 Å². The number of alkyl halides is 3. The third kappa shape index (κ3) is 5.74. The average Bonchev–Trinajstić information content (AvgIpc) is 3.47. The number of hydrogen-bond donors (Lipinski definition) is 1. The van der Waals surface area contributed by atoms with Crippen molar-refractivity contribution in [3.05, 3.63) is 72.4 Å². The molecule has 0 aliphatic rings. The van der Waals surface area contributed by atoms with Crippen LogP contribution in [-0.4, -0.2) is 34.1 Å².